The number of nitrogen functional groups attached to an aromatic ring is 1. The third-order valence-corrected chi connectivity index (χ3v) is 2.45. The maximum absolute atomic E-state index is 13.8. The maximum atomic E-state index is 13.8. The largest absolute Gasteiger partial charge is 0.381 e. The third kappa shape index (κ3) is 2.27. The summed E-state index contributed by atoms with van der Waals surface area (Å²) in [6.45, 7) is 2.80. The molecule has 0 amide bonds. The second-order valence-electron chi connectivity index (χ2n) is 4.28. The lowest BCUT2D eigenvalue weighted by Crippen LogP contribution is -2.09. The van der Waals surface area contributed by atoms with Crippen molar-refractivity contribution in [1.29, 1.82) is 0 Å². The molecule has 0 unspecified atom stereocenters. The molecule has 1 aromatic carbocycles. The number of hydrogen-bond donors (Lipinski definition) is 1. The van der Waals surface area contributed by atoms with Gasteiger partial charge in [-0.15, -0.1) is 0 Å². The molecule has 2 N–H and O–H groups in total. The van der Waals surface area contributed by atoms with Crippen molar-refractivity contribution in [2.45, 2.75) is 19.5 Å². The number of hydrogen-bond acceptors (Lipinski definition) is 3. The summed E-state index contributed by atoms with van der Waals surface area (Å²) < 4.78 is 32.2. The first-order valence-electron chi connectivity index (χ1n) is 5.09. The molecule has 0 saturated heterocycles. The molecule has 0 saturated carbocycles. The van der Waals surface area contributed by atoms with Gasteiger partial charge in [-0.05, 0) is 31.5 Å². The second kappa shape index (κ2) is 3.84. The Bertz CT molecular complexity index is 544. The lowest BCUT2D eigenvalue weighted by atomic mass is 9.97. The Morgan fingerprint density at radius 3 is 2.53 bits per heavy atom. The zero-order valence-corrected chi connectivity index (χ0v) is 9.50. The molecule has 0 bridgehead atoms. The zero-order chi connectivity index (χ0) is 12.6. The van der Waals surface area contributed by atoms with E-state index in [1.54, 1.807) is 0 Å². The van der Waals surface area contributed by atoms with E-state index in [-0.39, 0.29) is 17.1 Å². The van der Waals surface area contributed by atoms with E-state index >= 15 is 0 Å². The first kappa shape index (κ1) is 11.6. The molecule has 3 nitrogen and oxygen atoms in total. The lowest BCUT2D eigenvalue weighted by Gasteiger charge is -2.15. The number of benzene rings is 1. The molecule has 1 heterocycles. The molecule has 0 radical (unpaired) electrons. The van der Waals surface area contributed by atoms with Crippen LogP contribution in [0.3, 0.4) is 0 Å². The smallest absolute Gasteiger partial charge is 0.172 e. The van der Waals surface area contributed by atoms with Gasteiger partial charge in [0.15, 0.2) is 11.6 Å². The van der Waals surface area contributed by atoms with Crippen molar-refractivity contribution in [3.05, 3.63) is 35.6 Å². The molecule has 1 aromatic heterocycles. The van der Waals surface area contributed by atoms with Gasteiger partial charge in [-0.3, -0.25) is 0 Å². The van der Waals surface area contributed by atoms with E-state index in [1.165, 1.54) is 38.1 Å². The van der Waals surface area contributed by atoms with Crippen LogP contribution in [0.1, 0.15) is 19.4 Å². The van der Waals surface area contributed by atoms with Gasteiger partial charge >= 0.3 is 0 Å². The number of halogens is 2. The van der Waals surface area contributed by atoms with Crippen LogP contribution < -0.4 is 5.73 Å². The van der Waals surface area contributed by atoms with Crippen LogP contribution in [0, 0.1) is 5.82 Å². The fourth-order valence-corrected chi connectivity index (χ4v) is 1.50. The Morgan fingerprint density at radius 2 is 2.00 bits per heavy atom. The molecule has 2 aromatic rings. The van der Waals surface area contributed by atoms with Crippen molar-refractivity contribution in [3.63, 3.8) is 0 Å². The minimum absolute atomic E-state index is 0.150. The van der Waals surface area contributed by atoms with Gasteiger partial charge in [-0.1, -0.05) is 11.2 Å². The fourth-order valence-electron chi connectivity index (χ4n) is 1.50. The average Bonchev–Trinajstić information content (AvgIpc) is 2.63. The number of nitrogens with two attached hydrogens (primary N) is 1. The predicted octanol–water partition coefficient (Wildman–Crippen LogP) is 3.27. The van der Waals surface area contributed by atoms with Crippen LogP contribution in [-0.2, 0) is 5.67 Å². The van der Waals surface area contributed by atoms with Crippen molar-refractivity contribution in [1.82, 2.24) is 5.16 Å². The van der Waals surface area contributed by atoms with Gasteiger partial charge in [0.25, 0.3) is 0 Å². The van der Waals surface area contributed by atoms with E-state index in [2.05, 4.69) is 5.16 Å². The number of anilines is 1. The molecular formula is C12H12F2N2O. The summed E-state index contributed by atoms with van der Waals surface area (Å²) in [5.41, 5.74) is 4.36. The summed E-state index contributed by atoms with van der Waals surface area (Å²) in [4.78, 5) is 0. The minimum atomic E-state index is -1.55. The normalized spacial score (nSPS) is 11.8. The van der Waals surface area contributed by atoms with E-state index in [4.69, 9.17) is 10.3 Å². The standard InChI is InChI=1S/C12H12F2N2O/c1-12(2,14)7-3-4-9(13)8(5-7)10-6-11(15)16-17-10/h3-6H,1-2H3,(H2,15,16). The molecule has 0 spiro atoms. The van der Waals surface area contributed by atoms with Gasteiger partial charge in [-0.25, -0.2) is 8.78 Å². The van der Waals surface area contributed by atoms with Gasteiger partial charge in [0.1, 0.15) is 11.5 Å². The molecule has 0 atom stereocenters. The van der Waals surface area contributed by atoms with Crippen molar-refractivity contribution in [2.75, 3.05) is 5.73 Å². The Morgan fingerprint density at radius 1 is 1.29 bits per heavy atom. The number of aromatic nitrogens is 1. The molecule has 0 aliphatic heterocycles. The third-order valence-electron chi connectivity index (χ3n) is 2.45. The predicted molar refractivity (Wildman–Crippen MR) is 60.4 cm³/mol. The van der Waals surface area contributed by atoms with Crippen LogP contribution in [0.25, 0.3) is 11.3 Å². The molecule has 2 rings (SSSR count). The molecule has 0 aliphatic carbocycles. The van der Waals surface area contributed by atoms with Gasteiger partial charge in [0.05, 0.1) is 5.56 Å². The van der Waals surface area contributed by atoms with Crippen LogP contribution in [0.4, 0.5) is 14.6 Å². The lowest BCUT2D eigenvalue weighted by molar-refractivity contribution is 0.221. The maximum Gasteiger partial charge on any atom is 0.172 e. The summed E-state index contributed by atoms with van der Waals surface area (Å²) in [5, 5.41) is 3.47. The summed E-state index contributed by atoms with van der Waals surface area (Å²) in [5.74, 6) is -0.162. The van der Waals surface area contributed by atoms with Gasteiger partial charge in [0, 0.05) is 6.07 Å². The Kier molecular flexibility index (Phi) is 2.61. The number of rotatable bonds is 2. The summed E-state index contributed by atoms with van der Waals surface area (Å²) in [6, 6.07) is 5.39. The van der Waals surface area contributed by atoms with E-state index < -0.39 is 11.5 Å². The van der Waals surface area contributed by atoms with Gasteiger partial charge in [0.2, 0.25) is 0 Å². The quantitative estimate of drug-likeness (QED) is 0.873. The summed E-state index contributed by atoms with van der Waals surface area (Å²) in [7, 11) is 0. The first-order chi connectivity index (χ1) is 7.88. The summed E-state index contributed by atoms with van der Waals surface area (Å²) in [6.07, 6.45) is 0. The monoisotopic (exact) mass is 238 g/mol. The van der Waals surface area contributed by atoms with Crippen LogP contribution in [0.5, 0.6) is 0 Å². The van der Waals surface area contributed by atoms with Gasteiger partial charge < -0.3 is 10.3 Å². The molecule has 0 fully saturated rings. The average molecular weight is 238 g/mol. The molecule has 5 heteroatoms. The molecule has 17 heavy (non-hydrogen) atoms. The topological polar surface area (TPSA) is 52.0 Å². The van der Waals surface area contributed by atoms with E-state index in [0.717, 1.165) is 0 Å². The second-order valence-corrected chi connectivity index (χ2v) is 4.28. The van der Waals surface area contributed by atoms with Crippen LogP contribution in [-0.4, -0.2) is 5.16 Å². The highest BCUT2D eigenvalue weighted by Gasteiger charge is 2.21. The van der Waals surface area contributed by atoms with E-state index in [1.807, 2.05) is 0 Å². The van der Waals surface area contributed by atoms with Crippen molar-refractivity contribution < 1.29 is 13.3 Å². The zero-order valence-electron chi connectivity index (χ0n) is 9.50. The Labute approximate surface area is 97.2 Å². The molecular weight excluding hydrogens is 226 g/mol. The number of alkyl halides is 1. The Hall–Kier alpha value is -1.91. The molecule has 0 aliphatic rings. The van der Waals surface area contributed by atoms with Crippen LogP contribution >= 0.6 is 0 Å². The van der Waals surface area contributed by atoms with E-state index in [0.29, 0.717) is 5.56 Å². The SMILES string of the molecule is CC(C)(F)c1ccc(F)c(-c2cc(N)no2)c1. The van der Waals surface area contributed by atoms with Gasteiger partial charge in [-0.2, -0.15) is 0 Å². The van der Waals surface area contributed by atoms with Crippen molar-refractivity contribution >= 4 is 5.82 Å². The highest BCUT2D eigenvalue weighted by atomic mass is 19.1. The molecule has 90 valence electrons. The number of nitrogens with zero attached hydrogens (tertiary/aromatic N) is 1. The fraction of sp³-hybridized carbons (Fsp3) is 0.250. The highest BCUT2D eigenvalue weighted by molar-refractivity contribution is 5.62. The van der Waals surface area contributed by atoms with Crippen LogP contribution in [0.2, 0.25) is 0 Å². The van der Waals surface area contributed by atoms with Crippen molar-refractivity contribution in [2.24, 2.45) is 0 Å². The van der Waals surface area contributed by atoms with Crippen molar-refractivity contribution in [3.8, 4) is 11.3 Å². The summed E-state index contributed by atoms with van der Waals surface area (Å²) >= 11 is 0. The first-order valence-corrected chi connectivity index (χ1v) is 5.09. The van der Waals surface area contributed by atoms with E-state index in [9.17, 15) is 8.78 Å². The Balaban J connectivity index is 2.54. The minimum Gasteiger partial charge on any atom is -0.381 e. The highest BCUT2D eigenvalue weighted by Crippen LogP contribution is 2.31. The van der Waals surface area contributed by atoms with Crippen LogP contribution in [0.15, 0.2) is 28.8 Å².